The van der Waals surface area contributed by atoms with Crippen LogP contribution in [0.15, 0.2) is 54.6 Å². The highest BCUT2D eigenvalue weighted by Crippen LogP contribution is 2.19. The number of nitrogens with zero attached hydrogens (tertiary/aromatic N) is 1. The van der Waals surface area contributed by atoms with Gasteiger partial charge in [-0.25, -0.2) is 9.18 Å². The van der Waals surface area contributed by atoms with E-state index in [0.717, 1.165) is 24.9 Å². The first-order valence-corrected chi connectivity index (χ1v) is 9.39. The fourth-order valence-corrected chi connectivity index (χ4v) is 2.86. The van der Waals surface area contributed by atoms with E-state index < -0.39 is 23.8 Å². The van der Waals surface area contributed by atoms with Gasteiger partial charge in [0, 0.05) is 30.5 Å². The fourth-order valence-electron chi connectivity index (χ4n) is 2.86. The van der Waals surface area contributed by atoms with E-state index in [-0.39, 0.29) is 0 Å². The first-order chi connectivity index (χ1) is 14.0. The summed E-state index contributed by atoms with van der Waals surface area (Å²) in [4.78, 5) is 26.4. The SMILES string of the molecule is C[C@@H](OC(=O)/C=C/c1cccc(F)c1)C(=O)Nc1ccc(N2CCOCC2)cc1. The highest BCUT2D eigenvalue weighted by Gasteiger charge is 2.17. The minimum atomic E-state index is -0.974. The number of amides is 1. The molecule has 7 heteroatoms. The highest BCUT2D eigenvalue weighted by atomic mass is 19.1. The van der Waals surface area contributed by atoms with Crippen LogP contribution in [0.1, 0.15) is 12.5 Å². The van der Waals surface area contributed by atoms with Crippen molar-refractivity contribution < 1.29 is 23.5 Å². The van der Waals surface area contributed by atoms with Gasteiger partial charge < -0.3 is 19.7 Å². The van der Waals surface area contributed by atoms with E-state index in [1.807, 2.05) is 12.1 Å². The molecule has 1 N–H and O–H groups in total. The Morgan fingerprint density at radius 1 is 1.17 bits per heavy atom. The van der Waals surface area contributed by atoms with Crippen LogP contribution in [0.25, 0.3) is 6.08 Å². The van der Waals surface area contributed by atoms with Crippen LogP contribution in [0.3, 0.4) is 0 Å². The molecule has 0 spiro atoms. The maximum absolute atomic E-state index is 13.1. The Morgan fingerprint density at radius 2 is 1.90 bits per heavy atom. The third kappa shape index (κ3) is 6.15. The topological polar surface area (TPSA) is 67.9 Å². The molecule has 1 aliphatic rings. The second-order valence-corrected chi connectivity index (χ2v) is 6.60. The summed E-state index contributed by atoms with van der Waals surface area (Å²) in [6.07, 6.45) is 1.62. The summed E-state index contributed by atoms with van der Waals surface area (Å²) >= 11 is 0. The van der Waals surface area contributed by atoms with E-state index in [9.17, 15) is 14.0 Å². The number of nitrogens with one attached hydrogen (secondary N) is 1. The van der Waals surface area contributed by atoms with Crippen molar-refractivity contribution in [1.29, 1.82) is 0 Å². The molecule has 1 saturated heterocycles. The van der Waals surface area contributed by atoms with Crippen LogP contribution in [0.4, 0.5) is 15.8 Å². The lowest BCUT2D eigenvalue weighted by atomic mass is 10.2. The highest BCUT2D eigenvalue weighted by molar-refractivity contribution is 5.96. The Hall–Kier alpha value is -3.19. The molecule has 3 rings (SSSR count). The molecule has 1 aliphatic heterocycles. The quantitative estimate of drug-likeness (QED) is 0.598. The molecule has 2 aromatic rings. The second kappa shape index (κ2) is 9.84. The van der Waals surface area contributed by atoms with Gasteiger partial charge in [0.05, 0.1) is 13.2 Å². The number of halogens is 1. The lowest BCUT2D eigenvalue weighted by Gasteiger charge is -2.28. The number of anilines is 2. The van der Waals surface area contributed by atoms with Gasteiger partial charge >= 0.3 is 5.97 Å². The molecule has 0 bridgehead atoms. The number of carbonyl (C=O) groups is 2. The fraction of sp³-hybridized carbons (Fsp3) is 0.273. The van der Waals surface area contributed by atoms with Gasteiger partial charge in [-0.2, -0.15) is 0 Å². The van der Waals surface area contributed by atoms with Crippen LogP contribution in [-0.4, -0.2) is 44.3 Å². The van der Waals surface area contributed by atoms with E-state index in [0.29, 0.717) is 24.5 Å². The van der Waals surface area contributed by atoms with Crippen LogP contribution >= 0.6 is 0 Å². The van der Waals surface area contributed by atoms with Gasteiger partial charge in [0.15, 0.2) is 6.10 Å². The van der Waals surface area contributed by atoms with E-state index in [4.69, 9.17) is 9.47 Å². The van der Waals surface area contributed by atoms with Crippen molar-refractivity contribution in [2.24, 2.45) is 0 Å². The monoisotopic (exact) mass is 398 g/mol. The van der Waals surface area contributed by atoms with Gasteiger partial charge in [0.1, 0.15) is 5.82 Å². The maximum Gasteiger partial charge on any atom is 0.331 e. The van der Waals surface area contributed by atoms with Crippen molar-refractivity contribution in [2.75, 3.05) is 36.5 Å². The van der Waals surface area contributed by atoms with E-state index in [1.54, 1.807) is 24.3 Å². The van der Waals surface area contributed by atoms with Crippen LogP contribution in [0.2, 0.25) is 0 Å². The second-order valence-electron chi connectivity index (χ2n) is 6.60. The van der Waals surface area contributed by atoms with Crippen LogP contribution in [-0.2, 0) is 19.1 Å². The van der Waals surface area contributed by atoms with Crippen molar-refractivity contribution in [3.05, 3.63) is 66.0 Å². The Morgan fingerprint density at radius 3 is 2.59 bits per heavy atom. The molecule has 2 aromatic carbocycles. The summed E-state index contributed by atoms with van der Waals surface area (Å²) in [6.45, 7) is 4.57. The van der Waals surface area contributed by atoms with E-state index in [1.165, 1.54) is 25.1 Å². The number of benzene rings is 2. The Labute approximate surface area is 168 Å². The largest absolute Gasteiger partial charge is 0.449 e. The van der Waals surface area contributed by atoms with Crippen molar-refractivity contribution in [2.45, 2.75) is 13.0 Å². The first-order valence-electron chi connectivity index (χ1n) is 9.39. The van der Waals surface area contributed by atoms with Gasteiger partial charge in [-0.15, -0.1) is 0 Å². The number of esters is 1. The molecule has 1 amide bonds. The molecule has 0 aromatic heterocycles. The first kappa shape index (κ1) is 20.5. The Kier molecular flexibility index (Phi) is 6.97. The van der Waals surface area contributed by atoms with E-state index in [2.05, 4.69) is 10.2 Å². The van der Waals surface area contributed by atoms with Gasteiger partial charge in [-0.1, -0.05) is 12.1 Å². The summed E-state index contributed by atoms with van der Waals surface area (Å²) < 4.78 is 23.6. The standard InChI is InChI=1S/C22H23FN2O4/c1-16(29-21(26)10-5-17-3-2-4-18(23)15-17)22(27)24-19-6-8-20(9-7-19)25-11-13-28-14-12-25/h2-10,15-16H,11-14H2,1H3,(H,24,27)/b10-5+/t16-/m1/s1. The van der Waals surface area contributed by atoms with Gasteiger partial charge in [-0.3, -0.25) is 4.79 Å². The molecular formula is C22H23FN2O4. The number of rotatable bonds is 6. The van der Waals surface area contributed by atoms with Crippen molar-refractivity contribution >= 4 is 29.3 Å². The molecule has 6 nitrogen and oxygen atoms in total. The van der Waals surface area contributed by atoms with Gasteiger partial charge in [-0.05, 0) is 55.0 Å². The van der Waals surface area contributed by atoms with E-state index >= 15 is 0 Å². The Bertz CT molecular complexity index is 877. The van der Waals surface area contributed by atoms with Crippen molar-refractivity contribution in [3.63, 3.8) is 0 Å². The third-order valence-electron chi connectivity index (χ3n) is 4.43. The van der Waals surface area contributed by atoms with Gasteiger partial charge in [0.25, 0.3) is 5.91 Å². The lowest BCUT2D eigenvalue weighted by Crippen LogP contribution is -2.36. The molecule has 1 heterocycles. The smallest absolute Gasteiger partial charge is 0.331 e. The zero-order chi connectivity index (χ0) is 20.6. The predicted octanol–water partition coefficient (Wildman–Crippen LogP) is 3.25. The number of carbonyl (C=O) groups excluding carboxylic acids is 2. The molecule has 0 saturated carbocycles. The van der Waals surface area contributed by atoms with Crippen LogP contribution < -0.4 is 10.2 Å². The summed E-state index contributed by atoms with van der Waals surface area (Å²) in [6, 6.07) is 13.3. The molecule has 0 aliphatic carbocycles. The molecule has 0 radical (unpaired) electrons. The van der Waals surface area contributed by atoms with Crippen molar-refractivity contribution in [1.82, 2.24) is 0 Å². The Balaban J connectivity index is 1.50. The summed E-state index contributed by atoms with van der Waals surface area (Å²) in [5.41, 5.74) is 2.21. The lowest BCUT2D eigenvalue weighted by molar-refractivity contribution is -0.148. The number of hydrogen-bond acceptors (Lipinski definition) is 5. The number of morpholine rings is 1. The summed E-state index contributed by atoms with van der Waals surface area (Å²) in [5, 5.41) is 2.73. The minimum Gasteiger partial charge on any atom is -0.449 e. The van der Waals surface area contributed by atoms with Crippen LogP contribution in [0.5, 0.6) is 0 Å². The van der Waals surface area contributed by atoms with Crippen LogP contribution in [0, 0.1) is 5.82 Å². The normalized spacial score (nSPS) is 15.2. The summed E-state index contributed by atoms with van der Waals surface area (Å²) in [5.74, 6) is -1.51. The number of ether oxygens (including phenoxy) is 2. The minimum absolute atomic E-state index is 0.395. The molecule has 152 valence electrons. The summed E-state index contributed by atoms with van der Waals surface area (Å²) in [7, 11) is 0. The third-order valence-corrected chi connectivity index (χ3v) is 4.43. The maximum atomic E-state index is 13.1. The average Bonchev–Trinajstić information content (AvgIpc) is 2.73. The van der Waals surface area contributed by atoms with Crippen molar-refractivity contribution in [3.8, 4) is 0 Å². The average molecular weight is 398 g/mol. The molecule has 1 fully saturated rings. The molecule has 0 unspecified atom stereocenters. The predicted molar refractivity (Wildman–Crippen MR) is 109 cm³/mol. The molecule has 1 atom stereocenters. The van der Waals surface area contributed by atoms with Gasteiger partial charge in [0.2, 0.25) is 0 Å². The zero-order valence-electron chi connectivity index (χ0n) is 16.1. The number of hydrogen-bond donors (Lipinski definition) is 1. The molecule has 29 heavy (non-hydrogen) atoms. The molecular weight excluding hydrogens is 375 g/mol. The zero-order valence-corrected chi connectivity index (χ0v) is 16.1.